The molecule has 0 aliphatic carbocycles. The summed E-state index contributed by atoms with van der Waals surface area (Å²) in [5.41, 5.74) is -0.696. The van der Waals surface area contributed by atoms with Gasteiger partial charge in [0.15, 0.2) is 11.6 Å². The molecule has 2 aliphatic rings. The number of nitrogens with zero attached hydrogens (tertiary/aromatic N) is 1. The van der Waals surface area contributed by atoms with Crippen LogP contribution < -0.4 is 15.4 Å². The summed E-state index contributed by atoms with van der Waals surface area (Å²) in [7, 11) is 0. The van der Waals surface area contributed by atoms with Crippen molar-refractivity contribution in [3.8, 4) is 5.75 Å². The number of hydrogen-bond donors (Lipinski definition) is 2. The number of carbonyl (C=O) groups is 4. The molecule has 1 fully saturated rings. The second-order valence-corrected chi connectivity index (χ2v) is 6.35. The molecule has 0 radical (unpaired) electrons. The van der Waals surface area contributed by atoms with Crippen molar-refractivity contribution in [3.05, 3.63) is 29.8 Å². The molecule has 4 amide bonds. The smallest absolute Gasteiger partial charge is 0.327 e. The van der Waals surface area contributed by atoms with Crippen LogP contribution in [0.5, 0.6) is 5.75 Å². The minimum atomic E-state index is -1.25. The molecular weight excluding hydrogens is 354 g/mol. The zero-order valence-electron chi connectivity index (χ0n) is 15.1. The number of imide groups is 1. The largest absolute Gasteiger partial charge is 0.493 e. The first kappa shape index (κ1) is 18.7. The number of fused-ring (bicyclic) bond motifs is 2. The molecule has 1 spiro atoms. The number of esters is 1. The van der Waals surface area contributed by atoms with E-state index < -0.39 is 42.0 Å². The average Bonchev–Trinajstić information content (AvgIpc) is 2.87. The average molecular weight is 375 g/mol. The number of para-hydroxylation sites is 1. The van der Waals surface area contributed by atoms with Crippen LogP contribution in [0.1, 0.15) is 25.8 Å². The van der Waals surface area contributed by atoms with E-state index in [1.165, 1.54) is 6.92 Å². The summed E-state index contributed by atoms with van der Waals surface area (Å²) in [5, 5.41) is 5.23. The summed E-state index contributed by atoms with van der Waals surface area (Å²) < 4.78 is 10.6. The van der Waals surface area contributed by atoms with E-state index in [0.717, 1.165) is 4.90 Å². The van der Waals surface area contributed by atoms with E-state index in [2.05, 4.69) is 10.6 Å². The molecule has 2 aliphatic heterocycles. The quantitative estimate of drug-likeness (QED) is 0.565. The Morgan fingerprint density at radius 1 is 1.37 bits per heavy atom. The molecule has 2 N–H and O–H groups in total. The van der Waals surface area contributed by atoms with Gasteiger partial charge in [0.2, 0.25) is 0 Å². The Morgan fingerprint density at radius 2 is 2.11 bits per heavy atom. The topological polar surface area (TPSA) is 114 Å². The Bertz CT molecular complexity index is 795. The first-order valence-corrected chi connectivity index (χ1v) is 8.72. The second-order valence-electron chi connectivity index (χ2n) is 6.35. The number of urea groups is 1. The maximum atomic E-state index is 13.0. The fourth-order valence-electron chi connectivity index (χ4n) is 3.25. The molecule has 0 bridgehead atoms. The number of nitrogens with one attached hydrogen (secondary N) is 2. The molecule has 1 aromatic carbocycles. The molecule has 0 saturated carbocycles. The highest BCUT2D eigenvalue weighted by atomic mass is 16.5. The number of amides is 4. The maximum Gasteiger partial charge on any atom is 0.327 e. The van der Waals surface area contributed by atoms with Gasteiger partial charge in [0.1, 0.15) is 12.3 Å². The summed E-state index contributed by atoms with van der Waals surface area (Å²) in [5.74, 6) is -1.30. The van der Waals surface area contributed by atoms with E-state index in [4.69, 9.17) is 9.47 Å². The second kappa shape index (κ2) is 7.26. The van der Waals surface area contributed by atoms with Crippen LogP contribution in [0.25, 0.3) is 0 Å². The van der Waals surface area contributed by atoms with Gasteiger partial charge in [0.25, 0.3) is 11.8 Å². The zero-order valence-corrected chi connectivity index (χ0v) is 15.1. The predicted octanol–water partition coefficient (Wildman–Crippen LogP) is 0.284. The molecule has 1 saturated heterocycles. The van der Waals surface area contributed by atoms with Crippen molar-refractivity contribution < 1.29 is 28.7 Å². The van der Waals surface area contributed by atoms with Crippen molar-refractivity contribution >= 4 is 23.8 Å². The standard InChI is InChI=1S/C18H21N3O6/c1-3-19-15(23)11(2)27-14(22)10-21-16(24)18(20-17(21)25)8-9-26-13-7-5-4-6-12(13)18/h4-7,11H,3,8-10H2,1-2H3,(H,19,23)(H,20,25)/t11-,18-/m0/s1. The number of hydrogen-bond acceptors (Lipinski definition) is 6. The van der Waals surface area contributed by atoms with Crippen LogP contribution in [0.4, 0.5) is 4.79 Å². The lowest BCUT2D eigenvalue weighted by atomic mass is 9.84. The van der Waals surface area contributed by atoms with E-state index in [9.17, 15) is 19.2 Å². The molecule has 1 aromatic rings. The zero-order chi connectivity index (χ0) is 19.6. The first-order valence-electron chi connectivity index (χ1n) is 8.72. The van der Waals surface area contributed by atoms with Crippen molar-refractivity contribution in [3.63, 3.8) is 0 Å². The Hall–Kier alpha value is -3.10. The third-order valence-electron chi connectivity index (χ3n) is 4.57. The Morgan fingerprint density at radius 3 is 2.85 bits per heavy atom. The van der Waals surface area contributed by atoms with Crippen LogP contribution in [-0.2, 0) is 24.7 Å². The van der Waals surface area contributed by atoms with Gasteiger partial charge in [-0.3, -0.25) is 19.3 Å². The van der Waals surface area contributed by atoms with Crippen LogP contribution in [0.3, 0.4) is 0 Å². The van der Waals surface area contributed by atoms with E-state index in [1.807, 2.05) is 0 Å². The fraction of sp³-hybridized carbons (Fsp3) is 0.444. The third kappa shape index (κ3) is 3.32. The van der Waals surface area contributed by atoms with Crippen LogP contribution in [0.15, 0.2) is 24.3 Å². The van der Waals surface area contributed by atoms with Gasteiger partial charge >= 0.3 is 12.0 Å². The first-order chi connectivity index (χ1) is 12.9. The maximum absolute atomic E-state index is 13.0. The summed E-state index contributed by atoms with van der Waals surface area (Å²) in [6.45, 7) is 3.25. The SMILES string of the molecule is CCNC(=O)[C@H](C)OC(=O)CN1C(=O)N[C@]2(CCOc3ccccc32)C1=O. The summed E-state index contributed by atoms with van der Waals surface area (Å²) in [4.78, 5) is 50.0. The van der Waals surface area contributed by atoms with E-state index in [1.54, 1.807) is 31.2 Å². The molecule has 0 unspecified atom stereocenters. The Balaban J connectivity index is 1.74. The minimum absolute atomic E-state index is 0.259. The molecule has 144 valence electrons. The van der Waals surface area contributed by atoms with Gasteiger partial charge in [-0.2, -0.15) is 0 Å². The molecule has 2 atom stereocenters. The third-order valence-corrected chi connectivity index (χ3v) is 4.57. The molecular formula is C18H21N3O6. The Kier molecular flexibility index (Phi) is 5.02. The van der Waals surface area contributed by atoms with Crippen LogP contribution in [0.2, 0.25) is 0 Å². The monoisotopic (exact) mass is 375 g/mol. The number of carbonyl (C=O) groups excluding carboxylic acids is 4. The van der Waals surface area contributed by atoms with Gasteiger partial charge in [-0.25, -0.2) is 4.79 Å². The summed E-state index contributed by atoms with van der Waals surface area (Å²) in [6, 6.07) is 6.28. The number of rotatable bonds is 5. The highest BCUT2D eigenvalue weighted by Gasteiger charge is 2.55. The highest BCUT2D eigenvalue weighted by Crippen LogP contribution is 2.40. The van der Waals surface area contributed by atoms with Gasteiger partial charge in [-0.05, 0) is 19.9 Å². The van der Waals surface area contributed by atoms with E-state index in [0.29, 0.717) is 17.9 Å². The number of likely N-dealkylation sites (N-methyl/N-ethyl adjacent to an activating group) is 1. The molecule has 27 heavy (non-hydrogen) atoms. The van der Waals surface area contributed by atoms with E-state index in [-0.39, 0.29) is 13.0 Å². The summed E-state index contributed by atoms with van der Waals surface area (Å²) in [6.07, 6.45) is -0.758. The van der Waals surface area contributed by atoms with Gasteiger partial charge in [-0.1, -0.05) is 18.2 Å². The van der Waals surface area contributed by atoms with Crippen molar-refractivity contribution in [1.82, 2.24) is 15.5 Å². The minimum Gasteiger partial charge on any atom is -0.493 e. The highest BCUT2D eigenvalue weighted by molar-refractivity contribution is 6.09. The molecule has 9 nitrogen and oxygen atoms in total. The lowest BCUT2D eigenvalue weighted by Crippen LogP contribution is -2.48. The number of ether oxygens (including phenoxy) is 2. The Labute approximate surface area is 156 Å². The molecule has 2 heterocycles. The lowest BCUT2D eigenvalue weighted by Gasteiger charge is -2.33. The van der Waals surface area contributed by atoms with Crippen LogP contribution in [-0.4, -0.2) is 54.5 Å². The van der Waals surface area contributed by atoms with Gasteiger partial charge < -0.3 is 20.1 Å². The van der Waals surface area contributed by atoms with Crippen molar-refractivity contribution in [2.75, 3.05) is 19.7 Å². The molecule has 9 heteroatoms. The van der Waals surface area contributed by atoms with Crippen LogP contribution in [0, 0.1) is 0 Å². The summed E-state index contributed by atoms with van der Waals surface area (Å²) >= 11 is 0. The molecule has 0 aromatic heterocycles. The normalized spacial score (nSPS) is 21.9. The predicted molar refractivity (Wildman–Crippen MR) is 92.7 cm³/mol. The fourth-order valence-corrected chi connectivity index (χ4v) is 3.25. The van der Waals surface area contributed by atoms with Crippen LogP contribution >= 0.6 is 0 Å². The van der Waals surface area contributed by atoms with Crippen molar-refractivity contribution in [2.24, 2.45) is 0 Å². The van der Waals surface area contributed by atoms with Gasteiger partial charge in [-0.15, -0.1) is 0 Å². The van der Waals surface area contributed by atoms with Crippen molar-refractivity contribution in [1.29, 1.82) is 0 Å². The van der Waals surface area contributed by atoms with Gasteiger partial charge in [0, 0.05) is 18.5 Å². The number of benzene rings is 1. The lowest BCUT2D eigenvalue weighted by molar-refractivity contribution is -0.156. The van der Waals surface area contributed by atoms with Gasteiger partial charge in [0.05, 0.1) is 6.61 Å². The molecule has 3 rings (SSSR count). The van der Waals surface area contributed by atoms with E-state index >= 15 is 0 Å². The van der Waals surface area contributed by atoms with Crippen molar-refractivity contribution in [2.45, 2.75) is 31.9 Å².